The first kappa shape index (κ1) is 38.4. The number of amides is 1. The van der Waals surface area contributed by atoms with Crippen LogP contribution in [0.4, 0.5) is 0 Å². The maximum atomic E-state index is 13.1. The Labute approximate surface area is 241 Å². The summed E-state index contributed by atoms with van der Waals surface area (Å²) in [4.78, 5) is 75.3. The molecule has 0 aromatic heterocycles. The van der Waals surface area contributed by atoms with Crippen molar-refractivity contribution in [1.82, 2.24) is 5.32 Å². The minimum absolute atomic E-state index is 0.117. The summed E-state index contributed by atoms with van der Waals surface area (Å²) >= 11 is 0. The molecule has 0 heterocycles. The van der Waals surface area contributed by atoms with Crippen LogP contribution in [-0.2, 0) is 66.4 Å². The number of carbonyl (C=O) groups excluding carboxylic acids is 1. The van der Waals surface area contributed by atoms with Gasteiger partial charge in [0.2, 0.25) is 0 Å². The van der Waals surface area contributed by atoms with Crippen molar-refractivity contribution in [2.24, 2.45) is 0 Å². The summed E-state index contributed by atoms with van der Waals surface area (Å²) in [6.45, 7) is -6.24. The number of phosphoric ester groups is 3. The van der Waals surface area contributed by atoms with Crippen LogP contribution in [0.5, 0.6) is 0 Å². The van der Waals surface area contributed by atoms with Crippen molar-refractivity contribution >= 4 is 47.3 Å². The van der Waals surface area contributed by atoms with Gasteiger partial charge in [-0.25, -0.2) is 28.1 Å². The number of benzene rings is 1. The van der Waals surface area contributed by atoms with Crippen molar-refractivity contribution in [1.29, 1.82) is 0 Å². The highest BCUT2D eigenvalue weighted by Crippen LogP contribution is 2.52. The van der Waals surface area contributed by atoms with Crippen LogP contribution in [0.1, 0.15) is 5.56 Å². The van der Waals surface area contributed by atoms with Gasteiger partial charge in [0, 0.05) is 6.54 Å². The number of hydrogen-bond acceptors (Lipinski definition) is 14. The maximum absolute atomic E-state index is 13.1. The SMILES string of the molecule is O=C(O)COP(=O)(O)O[C@H]([C@H](OP(=O)(O)OCC(=O)O)C(=O)NCCc1ccccc1)[C@@H](CO)OP(=O)(O)OCC(=O)O. The molecule has 0 aliphatic heterocycles. The van der Waals surface area contributed by atoms with Crippen LogP contribution in [0.25, 0.3) is 0 Å². The molecule has 8 N–H and O–H groups in total. The van der Waals surface area contributed by atoms with E-state index in [1.807, 2.05) is 0 Å². The molecular formula is C19H28NO20P3. The average molecular weight is 683 g/mol. The van der Waals surface area contributed by atoms with Gasteiger partial charge in [-0.1, -0.05) is 30.3 Å². The van der Waals surface area contributed by atoms with Gasteiger partial charge in [0.05, 0.1) is 6.61 Å². The number of aliphatic hydroxyl groups excluding tert-OH is 1. The summed E-state index contributed by atoms with van der Waals surface area (Å²) in [7, 11) is -16.8. The summed E-state index contributed by atoms with van der Waals surface area (Å²) in [5.74, 6) is -6.87. The Kier molecular flexibility index (Phi) is 15.7. The molecule has 0 aliphatic rings. The van der Waals surface area contributed by atoms with Crippen molar-refractivity contribution in [2.75, 3.05) is 33.0 Å². The lowest BCUT2D eigenvalue weighted by Crippen LogP contribution is -2.51. The Morgan fingerprint density at radius 1 is 0.721 bits per heavy atom. The van der Waals surface area contributed by atoms with Crippen molar-refractivity contribution in [3.63, 3.8) is 0 Å². The Balaban J connectivity index is 3.51. The Bertz CT molecular complexity index is 1240. The van der Waals surface area contributed by atoms with Gasteiger partial charge < -0.3 is 40.4 Å². The first-order valence-corrected chi connectivity index (χ1v) is 15.9. The molecule has 3 unspecified atom stereocenters. The summed E-state index contributed by atoms with van der Waals surface area (Å²) in [5, 5.41) is 38.2. The molecule has 6 atom stereocenters. The van der Waals surface area contributed by atoms with E-state index in [1.165, 1.54) is 0 Å². The number of aliphatic hydroxyl groups is 1. The molecule has 244 valence electrons. The van der Waals surface area contributed by atoms with Crippen molar-refractivity contribution in [3.05, 3.63) is 35.9 Å². The van der Waals surface area contributed by atoms with Crippen molar-refractivity contribution < 1.29 is 95.1 Å². The molecule has 0 saturated heterocycles. The highest BCUT2D eigenvalue weighted by molar-refractivity contribution is 7.48. The number of carboxylic acids is 3. The number of carbonyl (C=O) groups is 4. The molecule has 1 aromatic rings. The molecule has 21 nitrogen and oxygen atoms in total. The van der Waals surface area contributed by atoms with Crippen LogP contribution in [0.15, 0.2) is 30.3 Å². The third-order valence-electron chi connectivity index (χ3n) is 4.48. The first-order chi connectivity index (χ1) is 19.9. The molecule has 43 heavy (non-hydrogen) atoms. The maximum Gasteiger partial charge on any atom is 0.473 e. The normalized spacial score (nSPS) is 17.8. The van der Waals surface area contributed by atoms with Gasteiger partial charge in [0.25, 0.3) is 5.91 Å². The molecule has 0 radical (unpaired) electrons. The molecule has 1 aromatic carbocycles. The van der Waals surface area contributed by atoms with E-state index in [0.717, 1.165) is 0 Å². The number of phosphoric acid groups is 3. The van der Waals surface area contributed by atoms with E-state index < -0.39 is 92.0 Å². The van der Waals surface area contributed by atoms with Crippen LogP contribution < -0.4 is 5.32 Å². The second-order valence-electron chi connectivity index (χ2n) is 7.86. The first-order valence-electron chi connectivity index (χ1n) is 11.4. The predicted octanol–water partition coefficient (Wildman–Crippen LogP) is -0.902. The lowest BCUT2D eigenvalue weighted by molar-refractivity contribution is -0.145. The Hall–Kier alpha value is -2.61. The molecule has 24 heteroatoms. The molecule has 1 amide bonds. The lowest BCUT2D eigenvalue weighted by atomic mass is 10.1. The van der Waals surface area contributed by atoms with E-state index in [2.05, 4.69) is 32.5 Å². The average Bonchev–Trinajstić information content (AvgIpc) is 2.91. The third kappa shape index (κ3) is 16.2. The fourth-order valence-electron chi connectivity index (χ4n) is 2.82. The number of carboxylic acid groups (broad SMARTS) is 3. The fourth-order valence-corrected chi connectivity index (χ4v) is 5.41. The lowest BCUT2D eigenvalue weighted by Gasteiger charge is -2.33. The van der Waals surface area contributed by atoms with Crippen LogP contribution in [0.3, 0.4) is 0 Å². The minimum Gasteiger partial charge on any atom is -0.480 e. The number of aliphatic carboxylic acids is 3. The van der Waals surface area contributed by atoms with E-state index in [4.69, 9.17) is 15.3 Å². The van der Waals surface area contributed by atoms with Crippen LogP contribution >= 0.6 is 23.5 Å². The van der Waals surface area contributed by atoms with Crippen molar-refractivity contribution in [2.45, 2.75) is 24.7 Å². The Morgan fingerprint density at radius 3 is 1.60 bits per heavy atom. The predicted molar refractivity (Wildman–Crippen MR) is 135 cm³/mol. The molecule has 0 bridgehead atoms. The summed E-state index contributed by atoms with van der Waals surface area (Å²) < 4.78 is 63.7. The fraction of sp³-hybridized carbons (Fsp3) is 0.474. The largest absolute Gasteiger partial charge is 0.480 e. The van der Waals surface area contributed by atoms with Gasteiger partial charge in [-0.15, -0.1) is 0 Å². The van der Waals surface area contributed by atoms with Gasteiger partial charge >= 0.3 is 41.4 Å². The standard InChI is InChI=1S/C19H28NO20P3/c21-8-13(38-41(29,30)35-9-14(22)23)17(39-42(31,32)36-10-15(24)25)18(40-43(33,34)37-11-16(26)27)19(28)20-7-6-12-4-2-1-3-5-12/h1-5,13,17-18,21H,6-11H2,(H,20,28)(H,22,23)(H,24,25)(H,26,27)(H,29,30)(H,31,32)(H,33,34)/t13-,17+,18+/m1/s1. The quantitative estimate of drug-likeness (QED) is 0.0686. The number of hydrogen-bond donors (Lipinski definition) is 8. The smallest absolute Gasteiger partial charge is 0.473 e. The zero-order valence-corrected chi connectivity index (χ0v) is 24.3. The highest BCUT2D eigenvalue weighted by atomic mass is 31.2. The summed E-state index contributed by atoms with van der Waals surface area (Å²) in [6.07, 6.45) is -7.94. The topological polar surface area (TPSA) is 329 Å². The van der Waals surface area contributed by atoms with Gasteiger partial charge in [-0.3, -0.25) is 31.9 Å². The molecule has 0 fully saturated rings. The van der Waals surface area contributed by atoms with Gasteiger partial charge in [0.1, 0.15) is 12.2 Å². The van der Waals surface area contributed by atoms with Gasteiger partial charge in [-0.2, -0.15) is 0 Å². The monoisotopic (exact) mass is 683 g/mol. The molecule has 1 rings (SSSR count). The van der Waals surface area contributed by atoms with E-state index in [0.29, 0.717) is 5.56 Å². The van der Waals surface area contributed by atoms with Crippen molar-refractivity contribution in [3.8, 4) is 0 Å². The molecule has 0 spiro atoms. The number of nitrogens with one attached hydrogen (secondary N) is 1. The highest BCUT2D eigenvalue weighted by Gasteiger charge is 2.48. The molecular weight excluding hydrogens is 655 g/mol. The van der Waals surface area contributed by atoms with E-state index >= 15 is 0 Å². The minimum atomic E-state index is -5.67. The third-order valence-corrected chi connectivity index (χ3v) is 7.39. The van der Waals surface area contributed by atoms with Crippen LogP contribution in [0, 0.1) is 0 Å². The van der Waals surface area contributed by atoms with E-state index in [9.17, 15) is 52.7 Å². The summed E-state index contributed by atoms with van der Waals surface area (Å²) in [6, 6.07) is 8.32. The zero-order chi connectivity index (χ0) is 32.8. The van der Waals surface area contributed by atoms with Crippen LogP contribution in [0.2, 0.25) is 0 Å². The second-order valence-corrected chi connectivity index (χ2v) is 12.1. The van der Waals surface area contributed by atoms with Gasteiger partial charge in [-0.05, 0) is 12.0 Å². The summed E-state index contributed by atoms with van der Waals surface area (Å²) in [5.41, 5.74) is 0.668. The second kappa shape index (κ2) is 17.6. The van der Waals surface area contributed by atoms with Gasteiger partial charge in [0.15, 0.2) is 25.9 Å². The van der Waals surface area contributed by atoms with E-state index in [1.54, 1.807) is 30.3 Å². The Morgan fingerprint density at radius 2 is 1.16 bits per heavy atom. The molecule has 0 saturated carbocycles. The van der Waals surface area contributed by atoms with E-state index in [-0.39, 0.29) is 13.0 Å². The molecule has 0 aliphatic carbocycles. The number of rotatable bonds is 22. The van der Waals surface area contributed by atoms with Crippen LogP contribution in [-0.4, -0.2) is 110 Å². The zero-order valence-electron chi connectivity index (χ0n) is 21.6.